The first-order valence-electron chi connectivity index (χ1n) is 8.73. The lowest BCUT2D eigenvalue weighted by atomic mass is 10.1. The third kappa shape index (κ3) is 4.62. The highest BCUT2D eigenvalue weighted by Crippen LogP contribution is 2.27. The van der Waals surface area contributed by atoms with Gasteiger partial charge in [-0.1, -0.05) is 11.6 Å². The molecular weight excluding hydrogens is 432 g/mol. The van der Waals surface area contributed by atoms with E-state index >= 15 is 0 Å². The average Bonchev–Trinajstić information content (AvgIpc) is 2.68. The molecule has 0 aliphatic carbocycles. The summed E-state index contributed by atoms with van der Waals surface area (Å²) in [5.74, 6) is 0.126. The van der Waals surface area contributed by atoms with E-state index in [1.807, 2.05) is 4.90 Å². The van der Waals surface area contributed by atoms with Gasteiger partial charge in [0.05, 0.1) is 23.9 Å². The zero-order valence-corrected chi connectivity index (χ0v) is 17.3. The van der Waals surface area contributed by atoms with Gasteiger partial charge in [0.25, 0.3) is 11.8 Å². The third-order valence-electron chi connectivity index (χ3n) is 4.52. The molecule has 0 atom stereocenters. The lowest BCUT2D eigenvalue weighted by Gasteiger charge is -2.27. The quantitative estimate of drug-likeness (QED) is 0.712. The molecule has 0 unspecified atom stereocenters. The predicted molar refractivity (Wildman–Crippen MR) is 110 cm³/mol. The van der Waals surface area contributed by atoms with E-state index in [1.165, 1.54) is 7.11 Å². The maximum atomic E-state index is 12.9. The minimum absolute atomic E-state index is 0.0913. The Balaban J connectivity index is 1.89. The Kier molecular flexibility index (Phi) is 6.39. The second kappa shape index (κ2) is 8.76. The van der Waals surface area contributed by atoms with E-state index in [1.54, 1.807) is 36.4 Å². The number of rotatable bonds is 4. The normalized spacial score (nSPS) is 14.0. The number of nitrogens with one attached hydrogen (secondary N) is 1. The van der Waals surface area contributed by atoms with Crippen LogP contribution < -0.4 is 10.1 Å². The van der Waals surface area contributed by atoms with E-state index in [4.69, 9.17) is 16.3 Å². The first-order valence-corrected chi connectivity index (χ1v) is 9.90. The van der Waals surface area contributed by atoms with Crippen molar-refractivity contribution >= 4 is 45.0 Å². The fraction of sp³-hybridized carbons (Fsp3) is 0.300. The highest BCUT2D eigenvalue weighted by molar-refractivity contribution is 9.10. The molecule has 1 aliphatic heterocycles. The molecule has 142 valence electrons. The number of ether oxygens (including phenoxy) is 1. The molecular formula is C20H20BrClN2O3. The van der Waals surface area contributed by atoms with Crippen LogP contribution in [0.5, 0.6) is 5.75 Å². The van der Waals surface area contributed by atoms with E-state index in [0.717, 1.165) is 32.4 Å². The van der Waals surface area contributed by atoms with Crippen LogP contribution in [0.1, 0.15) is 40.0 Å². The van der Waals surface area contributed by atoms with E-state index in [-0.39, 0.29) is 11.8 Å². The van der Waals surface area contributed by atoms with Gasteiger partial charge in [-0.2, -0.15) is 0 Å². The van der Waals surface area contributed by atoms with Gasteiger partial charge >= 0.3 is 0 Å². The molecule has 1 aliphatic rings. The second-order valence-corrected chi connectivity index (χ2v) is 7.63. The van der Waals surface area contributed by atoms with Gasteiger partial charge in [0.2, 0.25) is 0 Å². The molecule has 1 saturated heterocycles. The first kappa shape index (κ1) is 19.7. The Labute approximate surface area is 171 Å². The monoisotopic (exact) mass is 450 g/mol. The van der Waals surface area contributed by atoms with Gasteiger partial charge in [-0.3, -0.25) is 9.59 Å². The topological polar surface area (TPSA) is 58.6 Å². The van der Waals surface area contributed by atoms with Crippen LogP contribution in [-0.2, 0) is 0 Å². The number of anilines is 1. The summed E-state index contributed by atoms with van der Waals surface area (Å²) in [6.45, 7) is 1.46. The maximum absolute atomic E-state index is 12.9. The summed E-state index contributed by atoms with van der Waals surface area (Å²) in [4.78, 5) is 27.5. The number of piperidine rings is 1. The number of hydrogen-bond acceptors (Lipinski definition) is 3. The minimum atomic E-state index is -0.351. The average molecular weight is 452 g/mol. The predicted octanol–water partition coefficient (Wildman–Crippen LogP) is 4.99. The number of benzene rings is 2. The molecule has 2 aromatic carbocycles. The van der Waals surface area contributed by atoms with Crippen molar-refractivity contribution < 1.29 is 14.3 Å². The van der Waals surface area contributed by atoms with Gasteiger partial charge in [0, 0.05) is 22.6 Å². The second-order valence-electron chi connectivity index (χ2n) is 6.34. The van der Waals surface area contributed by atoms with Crippen molar-refractivity contribution in [3.05, 3.63) is 57.0 Å². The molecule has 2 aromatic rings. The summed E-state index contributed by atoms with van der Waals surface area (Å²) in [7, 11) is 1.54. The van der Waals surface area contributed by atoms with E-state index in [9.17, 15) is 9.59 Å². The molecule has 0 bridgehead atoms. The van der Waals surface area contributed by atoms with Crippen LogP contribution in [0.4, 0.5) is 5.69 Å². The lowest BCUT2D eigenvalue weighted by molar-refractivity contribution is 0.0725. The molecule has 0 spiro atoms. The Morgan fingerprint density at radius 3 is 2.52 bits per heavy atom. The van der Waals surface area contributed by atoms with Crippen LogP contribution in [0, 0.1) is 0 Å². The van der Waals surface area contributed by atoms with Gasteiger partial charge in [0.15, 0.2) is 0 Å². The van der Waals surface area contributed by atoms with Crippen molar-refractivity contribution in [1.82, 2.24) is 4.90 Å². The highest BCUT2D eigenvalue weighted by Gasteiger charge is 2.22. The minimum Gasteiger partial charge on any atom is -0.497 e. The van der Waals surface area contributed by atoms with Gasteiger partial charge in [0.1, 0.15) is 5.75 Å². The summed E-state index contributed by atoms with van der Waals surface area (Å²) >= 11 is 9.49. The number of halogens is 2. The van der Waals surface area contributed by atoms with Gasteiger partial charge in [-0.25, -0.2) is 0 Å². The van der Waals surface area contributed by atoms with Crippen molar-refractivity contribution in [2.24, 2.45) is 0 Å². The number of carbonyl (C=O) groups is 2. The molecule has 2 amide bonds. The van der Waals surface area contributed by atoms with Crippen molar-refractivity contribution in [1.29, 1.82) is 0 Å². The molecule has 1 heterocycles. The van der Waals surface area contributed by atoms with E-state index < -0.39 is 0 Å². The van der Waals surface area contributed by atoms with Crippen LogP contribution in [-0.4, -0.2) is 36.9 Å². The van der Waals surface area contributed by atoms with E-state index in [0.29, 0.717) is 32.1 Å². The van der Waals surface area contributed by atoms with Gasteiger partial charge in [-0.15, -0.1) is 0 Å². The molecule has 0 radical (unpaired) electrons. The molecule has 27 heavy (non-hydrogen) atoms. The molecule has 1 fully saturated rings. The van der Waals surface area contributed by atoms with Crippen LogP contribution in [0.25, 0.3) is 0 Å². The Morgan fingerprint density at radius 2 is 1.81 bits per heavy atom. The summed E-state index contributed by atoms with van der Waals surface area (Å²) in [5, 5.41) is 3.27. The maximum Gasteiger partial charge on any atom is 0.256 e. The lowest BCUT2D eigenvalue weighted by Crippen LogP contribution is -2.36. The standard InChI is InChI=1S/C20H20BrClN2O3/c1-27-14-6-8-17(21)16(12-14)19(25)23-18-11-13(22)5-7-15(18)20(26)24-9-3-2-4-10-24/h5-8,11-12H,2-4,9-10H2,1H3,(H,23,25). The number of carbonyl (C=O) groups excluding carboxylic acids is 2. The summed E-state index contributed by atoms with van der Waals surface area (Å²) in [6, 6.07) is 10.1. The molecule has 1 N–H and O–H groups in total. The number of hydrogen-bond donors (Lipinski definition) is 1. The summed E-state index contributed by atoms with van der Waals surface area (Å²) < 4.78 is 5.82. The smallest absolute Gasteiger partial charge is 0.256 e. The Bertz CT molecular complexity index is 866. The van der Waals surface area contributed by atoms with Crippen LogP contribution in [0.2, 0.25) is 5.02 Å². The fourth-order valence-corrected chi connectivity index (χ4v) is 3.67. The number of amides is 2. The molecule has 0 saturated carbocycles. The highest BCUT2D eigenvalue weighted by atomic mass is 79.9. The SMILES string of the molecule is COc1ccc(Br)c(C(=O)Nc2cc(Cl)ccc2C(=O)N2CCCCC2)c1. The van der Waals surface area contributed by atoms with Gasteiger partial charge in [-0.05, 0) is 71.6 Å². The van der Waals surface area contributed by atoms with Crippen molar-refractivity contribution in [2.45, 2.75) is 19.3 Å². The zero-order chi connectivity index (χ0) is 19.4. The van der Waals surface area contributed by atoms with Crippen LogP contribution in [0.3, 0.4) is 0 Å². The van der Waals surface area contributed by atoms with Crippen LogP contribution in [0.15, 0.2) is 40.9 Å². The molecule has 5 nitrogen and oxygen atoms in total. The number of nitrogens with zero attached hydrogens (tertiary/aromatic N) is 1. The summed E-state index contributed by atoms with van der Waals surface area (Å²) in [6.07, 6.45) is 3.13. The van der Waals surface area contributed by atoms with Crippen molar-refractivity contribution in [2.75, 3.05) is 25.5 Å². The Morgan fingerprint density at radius 1 is 1.07 bits per heavy atom. The largest absolute Gasteiger partial charge is 0.497 e. The molecule has 3 rings (SSSR count). The van der Waals surface area contributed by atoms with Crippen LogP contribution >= 0.6 is 27.5 Å². The molecule has 7 heteroatoms. The fourth-order valence-electron chi connectivity index (χ4n) is 3.07. The number of methoxy groups -OCH3 is 1. The summed E-state index contributed by atoms with van der Waals surface area (Å²) in [5.41, 5.74) is 1.25. The van der Waals surface area contributed by atoms with Crippen molar-refractivity contribution in [3.8, 4) is 5.75 Å². The van der Waals surface area contributed by atoms with Crippen molar-refractivity contribution in [3.63, 3.8) is 0 Å². The zero-order valence-electron chi connectivity index (χ0n) is 14.9. The molecule has 0 aromatic heterocycles. The Hall–Kier alpha value is -2.05. The first-order chi connectivity index (χ1) is 13.0. The third-order valence-corrected chi connectivity index (χ3v) is 5.45. The number of likely N-dealkylation sites (tertiary alicyclic amines) is 1. The van der Waals surface area contributed by atoms with E-state index in [2.05, 4.69) is 21.2 Å². The van der Waals surface area contributed by atoms with Gasteiger partial charge < -0.3 is 15.0 Å².